The Morgan fingerprint density at radius 1 is 1.50 bits per heavy atom. The van der Waals surface area contributed by atoms with E-state index in [4.69, 9.17) is 0 Å². The van der Waals surface area contributed by atoms with Crippen molar-refractivity contribution in [2.75, 3.05) is 0 Å². The third kappa shape index (κ3) is 2.21. The second-order valence-electron chi connectivity index (χ2n) is 1.05. The summed E-state index contributed by atoms with van der Waals surface area (Å²) in [5.74, 6) is 0. The predicted octanol–water partition coefficient (Wildman–Crippen LogP) is 2.51. The van der Waals surface area contributed by atoms with Crippen LogP contribution in [0.5, 0.6) is 0 Å². The van der Waals surface area contributed by atoms with E-state index >= 15 is 0 Å². The van der Waals surface area contributed by atoms with Gasteiger partial charge in [-0.25, -0.2) is 0 Å². The molecule has 8 heavy (non-hydrogen) atoms. The molecule has 4 heteroatoms. The molecule has 0 aromatic heterocycles. The lowest BCUT2D eigenvalue weighted by atomic mass is 10.5. The molecule has 0 aliphatic rings. The summed E-state index contributed by atoms with van der Waals surface area (Å²) in [4.78, 5) is 0. The minimum Gasteiger partial charge on any atom is -0.165 e. The molecule has 0 bridgehead atoms. The van der Waals surface area contributed by atoms with Gasteiger partial charge in [0.05, 0.1) is 0 Å². The van der Waals surface area contributed by atoms with Gasteiger partial charge in [-0.05, 0) is 6.92 Å². The summed E-state index contributed by atoms with van der Waals surface area (Å²) in [6.45, 7) is 2.84. The summed E-state index contributed by atoms with van der Waals surface area (Å²) < 4.78 is 33.6. The molecule has 0 saturated carbocycles. The van der Waals surface area contributed by atoms with Crippen LogP contribution >= 0.6 is 11.6 Å². The molecule has 0 aliphatic carbocycles. The van der Waals surface area contributed by atoms with Gasteiger partial charge in [-0.1, -0.05) is 17.7 Å². The lowest BCUT2D eigenvalue weighted by molar-refractivity contribution is -0.0845. The highest BCUT2D eigenvalue weighted by atomic mass is 35.5. The Balaban J connectivity index is 4.03. The third-order valence-electron chi connectivity index (χ3n) is 0.450. The van der Waals surface area contributed by atoms with Gasteiger partial charge in [0.25, 0.3) is 0 Å². The zero-order valence-corrected chi connectivity index (χ0v) is 4.55. The van der Waals surface area contributed by atoms with Gasteiger partial charge in [0.1, 0.15) is 5.03 Å². The first-order chi connectivity index (χ1) is 3.48. The number of hydrogen-bond acceptors (Lipinski definition) is 0. The molecule has 0 saturated heterocycles. The molecular weight excluding hydrogens is 140 g/mol. The van der Waals surface area contributed by atoms with E-state index < -0.39 is 11.2 Å². The first kappa shape index (κ1) is 7.82. The minimum absolute atomic E-state index is 0.557. The van der Waals surface area contributed by atoms with E-state index in [1.165, 1.54) is 0 Å². The number of halogens is 4. The fourth-order valence-corrected chi connectivity index (χ4v) is 0.116. The highest BCUT2D eigenvalue weighted by Crippen LogP contribution is 2.27. The Morgan fingerprint density at radius 2 is 1.88 bits per heavy atom. The van der Waals surface area contributed by atoms with Crippen LogP contribution in [0, 0.1) is 6.92 Å². The van der Waals surface area contributed by atoms with Crippen molar-refractivity contribution in [2.45, 2.75) is 6.18 Å². The number of hydrogen-bond donors (Lipinski definition) is 0. The molecule has 0 unspecified atom stereocenters. The van der Waals surface area contributed by atoms with Gasteiger partial charge in [0, 0.05) is 0 Å². The van der Waals surface area contributed by atoms with Gasteiger partial charge >= 0.3 is 6.18 Å². The minimum atomic E-state index is -4.43. The molecule has 0 atom stereocenters. The van der Waals surface area contributed by atoms with Crippen LogP contribution in [0.2, 0.25) is 0 Å². The van der Waals surface area contributed by atoms with Gasteiger partial charge in [0.2, 0.25) is 0 Å². The number of rotatable bonds is 0. The van der Waals surface area contributed by atoms with Crippen LogP contribution < -0.4 is 0 Å². The average Bonchev–Trinajstić information content (AvgIpc) is 1.62. The standard InChI is InChI=1S/C4H3ClF3/c1-2-3(5)4(6,7)8/h2H,1H2. The van der Waals surface area contributed by atoms with E-state index in [9.17, 15) is 13.2 Å². The van der Waals surface area contributed by atoms with E-state index in [0.717, 1.165) is 0 Å². The zero-order chi connectivity index (χ0) is 6.78. The highest BCUT2D eigenvalue weighted by molar-refractivity contribution is 6.30. The van der Waals surface area contributed by atoms with E-state index in [-0.39, 0.29) is 0 Å². The third-order valence-corrected chi connectivity index (χ3v) is 0.819. The van der Waals surface area contributed by atoms with E-state index in [0.29, 0.717) is 6.08 Å². The van der Waals surface area contributed by atoms with Crippen molar-refractivity contribution < 1.29 is 13.2 Å². The van der Waals surface area contributed by atoms with Crippen molar-refractivity contribution in [3.05, 3.63) is 18.0 Å². The zero-order valence-electron chi connectivity index (χ0n) is 3.80. The van der Waals surface area contributed by atoms with E-state index in [1.807, 2.05) is 0 Å². The van der Waals surface area contributed by atoms with Gasteiger partial charge in [-0.3, -0.25) is 0 Å². The summed E-state index contributed by atoms with van der Waals surface area (Å²) in [5, 5.41) is -1.18. The Labute approximate surface area is 49.9 Å². The second-order valence-corrected chi connectivity index (χ2v) is 1.46. The maximum atomic E-state index is 11.2. The first-order valence-corrected chi connectivity index (χ1v) is 2.08. The Kier molecular flexibility index (Phi) is 2.34. The van der Waals surface area contributed by atoms with E-state index in [2.05, 4.69) is 18.5 Å². The molecule has 0 rings (SSSR count). The van der Waals surface area contributed by atoms with Crippen molar-refractivity contribution >= 4 is 11.6 Å². The molecule has 0 spiro atoms. The molecule has 0 heterocycles. The summed E-state index contributed by atoms with van der Waals surface area (Å²) >= 11 is 4.61. The molecule has 0 amide bonds. The normalized spacial score (nSPS) is 14.4. The van der Waals surface area contributed by atoms with Gasteiger partial charge in [-0.2, -0.15) is 13.2 Å². The SMILES string of the molecule is [CH2]C=C(Cl)C(F)(F)F. The highest BCUT2D eigenvalue weighted by Gasteiger charge is 2.31. The largest absolute Gasteiger partial charge is 0.426 e. The molecule has 0 nitrogen and oxygen atoms in total. The van der Waals surface area contributed by atoms with Crippen LogP contribution in [-0.2, 0) is 0 Å². The molecule has 0 fully saturated rings. The first-order valence-electron chi connectivity index (χ1n) is 1.70. The van der Waals surface area contributed by atoms with Crippen molar-refractivity contribution in [1.29, 1.82) is 0 Å². The molecule has 0 aromatic rings. The van der Waals surface area contributed by atoms with Crippen molar-refractivity contribution in [3.63, 3.8) is 0 Å². The van der Waals surface area contributed by atoms with Crippen LogP contribution in [0.3, 0.4) is 0 Å². The predicted molar refractivity (Wildman–Crippen MR) is 25.3 cm³/mol. The smallest absolute Gasteiger partial charge is 0.165 e. The summed E-state index contributed by atoms with van der Waals surface area (Å²) in [5.41, 5.74) is 0. The Bertz CT molecular complexity index is 102. The fourth-order valence-electron chi connectivity index (χ4n) is 0.116. The maximum absolute atomic E-state index is 11.2. The lowest BCUT2D eigenvalue weighted by Gasteiger charge is -2.00. The molecule has 1 radical (unpaired) electrons. The second kappa shape index (κ2) is 2.40. The fraction of sp³-hybridized carbons (Fsp3) is 0.250. The lowest BCUT2D eigenvalue weighted by Crippen LogP contribution is -2.06. The van der Waals surface area contributed by atoms with Crippen LogP contribution in [0.25, 0.3) is 0 Å². The summed E-state index contributed by atoms with van der Waals surface area (Å²) in [7, 11) is 0. The molecule has 0 aromatic carbocycles. The maximum Gasteiger partial charge on any atom is 0.426 e. The average molecular weight is 144 g/mol. The molecule has 0 aliphatic heterocycles. The Hall–Kier alpha value is -0.180. The van der Waals surface area contributed by atoms with Crippen LogP contribution in [0.4, 0.5) is 13.2 Å². The summed E-state index contributed by atoms with van der Waals surface area (Å²) in [6.07, 6.45) is -3.87. The van der Waals surface area contributed by atoms with Crippen molar-refractivity contribution in [1.82, 2.24) is 0 Å². The topological polar surface area (TPSA) is 0 Å². The number of allylic oxidation sites excluding steroid dienone is 2. The quantitative estimate of drug-likeness (QED) is 0.489. The van der Waals surface area contributed by atoms with Crippen LogP contribution in [-0.4, -0.2) is 6.18 Å². The van der Waals surface area contributed by atoms with Crippen LogP contribution in [0.15, 0.2) is 11.1 Å². The van der Waals surface area contributed by atoms with Gasteiger partial charge in [-0.15, -0.1) is 0 Å². The van der Waals surface area contributed by atoms with Crippen molar-refractivity contribution in [3.8, 4) is 0 Å². The molecule has 47 valence electrons. The van der Waals surface area contributed by atoms with Crippen LogP contribution in [0.1, 0.15) is 0 Å². The Morgan fingerprint density at radius 3 is 1.88 bits per heavy atom. The molecule has 0 N–H and O–H groups in total. The molecular formula is C4H3ClF3. The van der Waals surface area contributed by atoms with Crippen molar-refractivity contribution in [2.24, 2.45) is 0 Å². The van der Waals surface area contributed by atoms with E-state index in [1.54, 1.807) is 0 Å². The monoisotopic (exact) mass is 143 g/mol. The summed E-state index contributed by atoms with van der Waals surface area (Å²) in [6, 6.07) is 0. The number of alkyl halides is 3. The van der Waals surface area contributed by atoms with Gasteiger partial charge in [0.15, 0.2) is 0 Å². The van der Waals surface area contributed by atoms with Gasteiger partial charge < -0.3 is 0 Å².